The Morgan fingerprint density at radius 1 is 1.32 bits per heavy atom. The summed E-state index contributed by atoms with van der Waals surface area (Å²) in [6.45, 7) is 1.70. The number of anilines is 1. The van der Waals surface area contributed by atoms with E-state index in [1.54, 1.807) is 6.92 Å². The van der Waals surface area contributed by atoms with Gasteiger partial charge in [0.2, 0.25) is 0 Å². The van der Waals surface area contributed by atoms with Gasteiger partial charge in [0.25, 0.3) is 5.91 Å². The summed E-state index contributed by atoms with van der Waals surface area (Å²) in [5, 5.41) is 7.18. The summed E-state index contributed by atoms with van der Waals surface area (Å²) in [6, 6.07) is 8.95. The molecule has 0 radical (unpaired) electrons. The minimum Gasteiger partial charge on any atom is -0.465 e. The normalized spacial score (nSPS) is 10.6. The summed E-state index contributed by atoms with van der Waals surface area (Å²) >= 11 is 1.27. The van der Waals surface area contributed by atoms with Crippen LogP contribution in [0, 0.1) is 6.92 Å². The van der Waals surface area contributed by atoms with Crippen LogP contribution >= 0.6 is 11.3 Å². The Labute approximate surface area is 129 Å². The van der Waals surface area contributed by atoms with Crippen molar-refractivity contribution >= 4 is 39.0 Å². The van der Waals surface area contributed by atoms with Crippen molar-refractivity contribution in [2.45, 2.75) is 6.92 Å². The number of aryl methyl sites for hydroxylation is 1. The van der Waals surface area contributed by atoms with E-state index < -0.39 is 11.9 Å². The quantitative estimate of drug-likeness (QED) is 0.750. The van der Waals surface area contributed by atoms with Gasteiger partial charge in [0.1, 0.15) is 10.6 Å². The number of nitrogens with zero attached hydrogens (tertiary/aromatic N) is 1. The largest absolute Gasteiger partial charge is 0.465 e. The lowest BCUT2D eigenvalue weighted by molar-refractivity contribution is 0.0607. The van der Waals surface area contributed by atoms with Crippen LogP contribution in [0.1, 0.15) is 25.9 Å². The number of nitrogens with one attached hydrogen (secondary N) is 1. The predicted molar refractivity (Wildman–Crippen MR) is 82.4 cm³/mol. The molecule has 0 saturated carbocycles. The first kappa shape index (κ1) is 14.3. The summed E-state index contributed by atoms with van der Waals surface area (Å²) in [6.07, 6.45) is 0. The predicted octanol–water partition coefficient (Wildman–Crippen LogP) is 3.24. The van der Waals surface area contributed by atoms with Gasteiger partial charge < -0.3 is 14.6 Å². The van der Waals surface area contributed by atoms with Crippen LogP contribution in [0.2, 0.25) is 0 Å². The third kappa shape index (κ3) is 2.46. The molecule has 0 fully saturated rings. The lowest BCUT2D eigenvalue weighted by atomic mass is 10.2. The summed E-state index contributed by atoms with van der Waals surface area (Å²) < 4.78 is 10.6. The lowest BCUT2D eigenvalue weighted by Gasteiger charge is -2.04. The number of aromatic nitrogens is 1. The number of benzene rings is 1. The van der Waals surface area contributed by atoms with Crippen molar-refractivity contribution in [2.75, 3.05) is 12.4 Å². The molecule has 2 aromatic heterocycles. The Bertz CT molecular complexity index is 865. The fourth-order valence-electron chi connectivity index (χ4n) is 2.06. The molecule has 0 unspecified atom stereocenters. The number of hydrogen-bond acceptors (Lipinski definition) is 6. The van der Waals surface area contributed by atoms with Crippen LogP contribution in [0.5, 0.6) is 0 Å². The minimum atomic E-state index is -0.493. The maximum Gasteiger partial charge on any atom is 0.350 e. The molecular formula is C15H12N2O4S. The number of hydrogen-bond donors (Lipinski definition) is 1. The molecule has 2 heterocycles. The van der Waals surface area contributed by atoms with Crippen LogP contribution in [-0.4, -0.2) is 24.1 Å². The maximum absolute atomic E-state index is 12.3. The number of rotatable bonds is 3. The molecule has 0 atom stereocenters. The third-order valence-corrected chi connectivity index (χ3v) is 4.22. The molecular weight excluding hydrogens is 304 g/mol. The highest BCUT2D eigenvalue weighted by Gasteiger charge is 2.22. The number of amides is 1. The highest BCUT2D eigenvalue weighted by molar-refractivity contribution is 7.21. The number of carbonyl (C=O) groups excluding carboxylic acids is 2. The Morgan fingerprint density at radius 3 is 2.77 bits per heavy atom. The van der Waals surface area contributed by atoms with E-state index >= 15 is 0 Å². The van der Waals surface area contributed by atoms with Crippen molar-refractivity contribution in [3.05, 3.63) is 46.7 Å². The fourth-order valence-corrected chi connectivity index (χ4v) is 3.13. The molecule has 6 nitrogen and oxygen atoms in total. The molecule has 0 aliphatic heterocycles. The van der Waals surface area contributed by atoms with Gasteiger partial charge in [0, 0.05) is 16.2 Å². The standard InChI is InChI=1S/C15H12N2O4S/c1-8-7-10(17-21-8)14(18)16-12-9-5-3-4-6-11(9)22-13(12)15(19)20-2/h3-7H,1-2H3,(H,16,18). The molecule has 0 aliphatic carbocycles. The zero-order chi connectivity index (χ0) is 15.7. The van der Waals surface area contributed by atoms with Crippen molar-refractivity contribution in [1.82, 2.24) is 5.16 Å². The van der Waals surface area contributed by atoms with Crippen LogP contribution in [-0.2, 0) is 4.74 Å². The van der Waals surface area contributed by atoms with Gasteiger partial charge in [-0.1, -0.05) is 23.4 Å². The topological polar surface area (TPSA) is 81.4 Å². The van der Waals surface area contributed by atoms with E-state index in [1.807, 2.05) is 24.3 Å². The minimum absolute atomic E-state index is 0.156. The van der Waals surface area contributed by atoms with Gasteiger partial charge in [-0.15, -0.1) is 11.3 Å². The van der Waals surface area contributed by atoms with Crippen LogP contribution in [0.3, 0.4) is 0 Å². The van der Waals surface area contributed by atoms with Gasteiger partial charge >= 0.3 is 5.97 Å². The first-order chi connectivity index (χ1) is 10.6. The highest BCUT2D eigenvalue weighted by atomic mass is 32.1. The fraction of sp³-hybridized carbons (Fsp3) is 0.133. The van der Waals surface area contributed by atoms with E-state index in [-0.39, 0.29) is 5.69 Å². The number of fused-ring (bicyclic) bond motifs is 1. The molecule has 7 heteroatoms. The number of ether oxygens (including phenoxy) is 1. The molecule has 22 heavy (non-hydrogen) atoms. The molecule has 1 aromatic carbocycles. The van der Waals surface area contributed by atoms with Gasteiger partial charge in [-0.2, -0.15) is 0 Å². The second kappa shape index (κ2) is 5.61. The Morgan fingerprint density at radius 2 is 2.09 bits per heavy atom. The van der Waals surface area contributed by atoms with E-state index in [0.29, 0.717) is 16.3 Å². The third-order valence-electron chi connectivity index (χ3n) is 3.07. The number of esters is 1. The summed E-state index contributed by atoms with van der Waals surface area (Å²) in [7, 11) is 1.30. The molecule has 1 N–H and O–H groups in total. The van der Waals surface area contributed by atoms with Gasteiger partial charge in [-0.3, -0.25) is 4.79 Å². The second-order valence-electron chi connectivity index (χ2n) is 4.57. The van der Waals surface area contributed by atoms with Gasteiger partial charge in [-0.05, 0) is 13.0 Å². The molecule has 112 valence electrons. The van der Waals surface area contributed by atoms with Gasteiger partial charge in [-0.25, -0.2) is 4.79 Å². The van der Waals surface area contributed by atoms with Crippen molar-refractivity contribution < 1.29 is 18.8 Å². The highest BCUT2D eigenvalue weighted by Crippen LogP contribution is 2.36. The molecule has 3 aromatic rings. The van der Waals surface area contributed by atoms with E-state index in [1.165, 1.54) is 24.5 Å². The number of carbonyl (C=O) groups is 2. The molecule has 0 aliphatic rings. The maximum atomic E-state index is 12.3. The second-order valence-corrected chi connectivity index (χ2v) is 5.62. The Balaban J connectivity index is 2.04. The van der Waals surface area contributed by atoms with E-state index in [9.17, 15) is 9.59 Å². The average Bonchev–Trinajstić information content (AvgIpc) is 3.11. The zero-order valence-corrected chi connectivity index (χ0v) is 12.7. The first-order valence-electron chi connectivity index (χ1n) is 6.44. The smallest absolute Gasteiger partial charge is 0.350 e. The molecule has 3 rings (SSSR count). The van der Waals surface area contributed by atoms with E-state index in [2.05, 4.69) is 10.5 Å². The van der Waals surface area contributed by atoms with E-state index in [4.69, 9.17) is 9.26 Å². The summed E-state index contributed by atoms with van der Waals surface area (Å²) in [4.78, 5) is 24.5. The molecule has 1 amide bonds. The summed E-state index contributed by atoms with van der Waals surface area (Å²) in [5.74, 6) is -0.396. The van der Waals surface area contributed by atoms with Crippen LogP contribution in [0.25, 0.3) is 10.1 Å². The first-order valence-corrected chi connectivity index (χ1v) is 7.26. The number of thiophene rings is 1. The van der Waals surface area contributed by atoms with Gasteiger partial charge in [0.05, 0.1) is 12.8 Å². The zero-order valence-electron chi connectivity index (χ0n) is 11.9. The average molecular weight is 316 g/mol. The van der Waals surface area contributed by atoms with Crippen molar-refractivity contribution in [3.63, 3.8) is 0 Å². The van der Waals surface area contributed by atoms with Crippen LogP contribution in [0.4, 0.5) is 5.69 Å². The van der Waals surface area contributed by atoms with Crippen molar-refractivity contribution in [2.24, 2.45) is 0 Å². The molecule has 0 bridgehead atoms. The monoisotopic (exact) mass is 316 g/mol. The van der Waals surface area contributed by atoms with Crippen molar-refractivity contribution in [3.8, 4) is 0 Å². The van der Waals surface area contributed by atoms with Crippen LogP contribution < -0.4 is 5.32 Å². The molecule has 0 saturated heterocycles. The van der Waals surface area contributed by atoms with Crippen molar-refractivity contribution in [1.29, 1.82) is 0 Å². The summed E-state index contributed by atoms with van der Waals surface area (Å²) in [5.41, 5.74) is 0.585. The van der Waals surface area contributed by atoms with Crippen LogP contribution in [0.15, 0.2) is 34.9 Å². The Kier molecular flexibility index (Phi) is 3.64. The SMILES string of the molecule is COC(=O)c1sc2ccccc2c1NC(=O)c1cc(C)on1. The van der Waals surface area contributed by atoms with Gasteiger partial charge in [0.15, 0.2) is 5.69 Å². The number of methoxy groups -OCH3 is 1. The van der Waals surface area contributed by atoms with E-state index in [0.717, 1.165) is 10.1 Å². The molecule has 0 spiro atoms. The lowest BCUT2D eigenvalue weighted by Crippen LogP contribution is -2.14. The Hall–Kier alpha value is -2.67.